The highest BCUT2D eigenvalue weighted by atomic mass is 35.5. The van der Waals surface area contributed by atoms with E-state index in [0.29, 0.717) is 32.6 Å². The summed E-state index contributed by atoms with van der Waals surface area (Å²) in [5, 5.41) is 0. The second kappa shape index (κ2) is 9.43. The van der Waals surface area contributed by atoms with E-state index in [9.17, 15) is 9.59 Å². The van der Waals surface area contributed by atoms with E-state index in [1.54, 1.807) is 4.90 Å². The van der Waals surface area contributed by atoms with Crippen molar-refractivity contribution < 1.29 is 9.59 Å². The second-order valence-electron chi connectivity index (χ2n) is 5.30. The van der Waals surface area contributed by atoms with Gasteiger partial charge in [-0.1, -0.05) is 30.3 Å². The SMILES string of the molecule is Cl.NCC(=O)N1CCN(C(=O)CCCc2ccccc2)CC1. The van der Waals surface area contributed by atoms with Crippen LogP contribution in [0, 0.1) is 0 Å². The van der Waals surface area contributed by atoms with Crippen LogP contribution in [-0.4, -0.2) is 54.3 Å². The van der Waals surface area contributed by atoms with Crippen molar-refractivity contribution in [2.75, 3.05) is 32.7 Å². The first-order valence-corrected chi connectivity index (χ1v) is 7.50. The Morgan fingerprint density at radius 1 is 0.955 bits per heavy atom. The van der Waals surface area contributed by atoms with Crippen LogP contribution in [0.2, 0.25) is 0 Å². The number of halogens is 1. The number of nitrogens with zero attached hydrogens (tertiary/aromatic N) is 2. The fourth-order valence-electron chi connectivity index (χ4n) is 2.58. The van der Waals surface area contributed by atoms with Gasteiger partial charge in [0.2, 0.25) is 11.8 Å². The lowest BCUT2D eigenvalue weighted by Gasteiger charge is -2.34. The molecule has 0 spiro atoms. The zero-order valence-electron chi connectivity index (χ0n) is 12.7. The van der Waals surface area contributed by atoms with E-state index in [0.717, 1.165) is 12.8 Å². The topological polar surface area (TPSA) is 66.6 Å². The van der Waals surface area contributed by atoms with Crippen LogP contribution in [0.25, 0.3) is 0 Å². The summed E-state index contributed by atoms with van der Waals surface area (Å²) in [6.07, 6.45) is 2.36. The number of carbonyl (C=O) groups is 2. The van der Waals surface area contributed by atoms with E-state index in [-0.39, 0.29) is 30.8 Å². The molecule has 22 heavy (non-hydrogen) atoms. The molecule has 5 nitrogen and oxygen atoms in total. The van der Waals surface area contributed by atoms with Crippen molar-refractivity contribution in [3.63, 3.8) is 0 Å². The normalized spacial score (nSPS) is 14.4. The summed E-state index contributed by atoms with van der Waals surface area (Å²) in [6, 6.07) is 10.2. The molecular formula is C16H24ClN3O2. The van der Waals surface area contributed by atoms with Crippen LogP contribution in [0.1, 0.15) is 18.4 Å². The minimum atomic E-state index is -0.0359. The van der Waals surface area contributed by atoms with Gasteiger partial charge in [0.25, 0.3) is 0 Å². The molecular weight excluding hydrogens is 302 g/mol. The summed E-state index contributed by atoms with van der Waals surface area (Å²) >= 11 is 0. The van der Waals surface area contributed by atoms with Gasteiger partial charge < -0.3 is 15.5 Å². The Bertz CT molecular complexity index is 474. The van der Waals surface area contributed by atoms with E-state index >= 15 is 0 Å². The van der Waals surface area contributed by atoms with E-state index in [4.69, 9.17) is 5.73 Å². The molecule has 0 radical (unpaired) electrons. The Morgan fingerprint density at radius 2 is 1.50 bits per heavy atom. The average molecular weight is 326 g/mol. The number of piperazine rings is 1. The molecule has 1 heterocycles. The van der Waals surface area contributed by atoms with Crippen molar-refractivity contribution in [1.29, 1.82) is 0 Å². The number of benzene rings is 1. The molecule has 1 aliphatic heterocycles. The second-order valence-corrected chi connectivity index (χ2v) is 5.30. The van der Waals surface area contributed by atoms with Gasteiger partial charge in [0.1, 0.15) is 0 Å². The zero-order chi connectivity index (χ0) is 15.1. The Morgan fingerprint density at radius 3 is 2.05 bits per heavy atom. The van der Waals surface area contributed by atoms with Crippen LogP contribution in [0.15, 0.2) is 30.3 Å². The van der Waals surface area contributed by atoms with Gasteiger partial charge in [-0.25, -0.2) is 0 Å². The number of carbonyl (C=O) groups excluding carboxylic acids is 2. The fourth-order valence-corrected chi connectivity index (χ4v) is 2.58. The Hall–Kier alpha value is -1.59. The first-order valence-electron chi connectivity index (χ1n) is 7.50. The molecule has 0 aliphatic carbocycles. The molecule has 2 rings (SSSR count). The predicted molar refractivity (Wildman–Crippen MR) is 88.8 cm³/mol. The van der Waals surface area contributed by atoms with Crippen LogP contribution in [0.5, 0.6) is 0 Å². The molecule has 6 heteroatoms. The first kappa shape index (κ1) is 18.5. The lowest BCUT2D eigenvalue weighted by atomic mass is 10.1. The van der Waals surface area contributed by atoms with E-state index < -0.39 is 0 Å². The fraction of sp³-hybridized carbons (Fsp3) is 0.500. The monoisotopic (exact) mass is 325 g/mol. The molecule has 2 N–H and O–H groups in total. The quantitative estimate of drug-likeness (QED) is 0.880. The molecule has 1 aromatic carbocycles. The van der Waals surface area contributed by atoms with Gasteiger partial charge >= 0.3 is 0 Å². The lowest BCUT2D eigenvalue weighted by molar-refractivity contribution is -0.138. The van der Waals surface area contributed by atoms with Crippen molar-refractivity contribution in [3.05, 3.63) is 35.9 Å². The highest BCUT2D eigenvalue weighted by Gasteiger charge is 2.22. The summed E-state index contributed by atoms with van der Waals surface area (Å²) in [5.74, 6) is 0.150. The standard InChI is InChI=1S/C16H23N3O2.ClH/c17-13-16(21)19-11-9-18(10-12-19)15(20)8-4-7-14-5-2-1-3-6-14;/h1-3,5-6H,4,7-13,17H2;1H. The van der Waals surface area contributed by atoms with Crippen LogP contribution < -0.4 is 5.73 Å². The van der Waals surface area contributed by atoms with Gasteiger partial charge in [0, 0.05) is 32.6 Å². The summed E-state index contributed by atoms with van der Waals surface area (Å²) in [6.45, 7) is 2.48. The van der Waals surface area contributed by atoms with Crippen LogP contribution in [-0.2, 0) is 16.0 Å². The van der Waals surface area contributed by atoms with Gasteiger partial charge in [-0.2, -0.15) is 0 Å². The molecule has 0 unspecified atom stereocenters. The van der Waals surface area contributed by atoms with Gasteiger partial charge in [0.05, 0.1) is 6.54 Å². The third-order valence-electron chi connectivity index (χ3n) is 3.86. The minimum absolute atomic E-state index is 0. The molecule has 1 aliphatic rings. The maximum atomic E-state index is 12.1. The van der Waals surface area contributed by atoms with Crippen molar-refractivity contribution in [2.45, 2.75) is 19.3 Å². The first-order chi connectivity index (χ1) is 10.2. The van der Waals surface area contributed by atoms with Crippen molar-refractivity contribution in [1.82, 2.24) is 9.80 Å². The molecule has 122 valence electrons. The molecule has 0 saturated carbocycles. The van der Waals surface area contributed by atoms with Gasteiger partial charge in [-0.05, 0) is 18.4 Å². The van der Waals surface area contributed by atoms with Crippen LogP contribution >= 0.6 is 12.4 Å². The molecule has 1 saturated heterocycles. The molecule has 0 bridgehead atoms. The highest BCUT2D eigenvalue weighted by Crippen LogP contribution is 2.08. The summed E-state index contributed by atoms with van der Waals surface area (Å²) in [4.78, 5) is 27.2. The predicted octanol–water partition coefficient (Wildman–Crippen LogP) is 1.06. The summed E-state index contributed by atoms with van der Waals surface area (Å²) in [5.41, 5.74) is 6.61. The van der Waals surface area contributed by atoms with Crippen molar-refractivity contribution in [2.24, 2.45) is 5.73 Å². The van der Waals surface area contributed by atoms with Gasteiger partial charge in [-0.15, -0.1) is 12.4 Å². The minimum Gasteiger partial charge on any atom is -0.339 e. The largest absolute Gasteiger partial charge is 0.339 e. The molecule has 0 aromatic heterocycles. The number of hydrogen-bond donors (Lipinski definition) is 1. The number of amides is 2. The smallest absolute Gasteiger partial charge is 0.236 e. The van der Waals surface area contributed by atoms with Gasteiger partial charge in [-0.3, -0.25) is 9.59 Å². The van der Waals surface area contributed by atoms with Gasteiger partial charge in [0.15, 0.2) is 0 Å². The van der Waals surface area contributed by atoms with E-state index in [1.807, 2.05) is 23.1 Å². The Kier molecular flexibility index (Phi) is 7.91. The van der Waals surface area contributed by atoms with Crippen molar-refractivity contribution in [3.8, 4) is 0 Å². The zero-order valence-corrected chi connectivity index (χ0v) is 13.6. The Labute approximate surface area is 137 Å². The Balaban J connectivity index is 0.00000242. The molecule has 1 aromatic rings. The summed E-state index contributed by atoms with van der Waals surface area (Å²) < 4.78 is 0. The third-order valence-corrected chi connectivity index (χ3v) is 3.86. The summed E-state index contributed by atoms with van der Waals surface area (Å²) in [7, 11) is 0. The van der Waals surface area contributed by atoms with Crippen LogP contribution in [0.4, 0.5) is 0 Å². The number of nitrogens with two attached hydrogens (primary N) is 1. The van der Waals surface area contributed by atoms with Crippen LogP contribution in [0.3, 0.4) is 0 Å². The third kappa shape index (κ3) is 5.31. The van der Waals surface area contributed by atoms with E-state index in [1.165, 1.54) is 5.56 Å². The number of aryl methyl sites for hydroxylation is 1. The van der Waals surface area contributed by atoms with Crippen molar-refractivity contribution >= 4 is 24.2 Å². The molecule has 2 amide bonds. The highest BCUT2D eigenvalue weighted by molar-refractivity contribution is 5.85. The maximum Gasteiger partial charge on any atom is 0.236 e. The lowest BCUT2D eigenvalue weighted by Crippen LogP contribution is -2.51. The molecule has 0 atom stereocenters. The maximum absolute atomic E-state index is 12.1. The molecule has 1 fully saturated rings. The van der Waals surface area contributed by atoms with E-state index in [2.05, 4.69) is 12.1 Å². The average Bonchev–Trinajstić information content (AvgIpc) is 2.55. The number of hydrogen-bond acceptors (Lipinski definition) is 3. The number of rotatable bonds is 5.